The molecule has 0 saturated carbocycles. The molecule has 1 aromatic heterocycles. The van der Waals surface area contributed by atoms with E-state index < -0.39 is 0 Å². The highest BCUT2D eigenvalue weighted by Crippen LogP contribution is 2.20. The van der Waals surface area contributed by atoms with Gasteiger partial charge in [0, 0.05) is 49.8 Å². The van der Waals surface area contributed by atoms with Gasteiger partial charge in [-0.15, -0.1) is 0 Å². The standard InChI is InChI=1S/C12H20N4/c1-15-5-2-6-16(8-7-15)12-3-4-14-10-11(12)9-13/h3-4,10H,2,5-9,13H2,1H3. The van der Waals surface area contributed by atoms with Gasteiger partial charge in [0.05, 0.1) is 0 Å². The molecule has 16 heavy (non-hydrogen) atoms. The third kappa shape index (κ3) is 2.51. The zero-order valence-electron chi connectivity index (χ0n) is 9.89. The zero-order chi connectivity index (χ0) is 11.4. The van der Waals surface area contributed by atoms with Crippen molar-refractivity contribution in [1.29, 1.82) is 0 Å². The van der Waals surface area contributed by atoms with Crippen LogP contribution >= 0.6 is 0 Å². The molecule has 1 aliphatic rings. The van der Waals surface area contributed by atoms with Crippen molar-refractivity contribution in [3.05, 3.63) is 24.0 Å². The maximum atomic E-state index is 5.75. The maximum Gasteiger partial charge on any atom is 0.0443 e. The second kappa shape index (κ2) is 5.27. The molecule has 0 radical (unpaired) electrons. The van der Waals surface area contributed by atoms with Crippen LogP contribution in [0.3, 0.4) is 0 Å². The molecule has 4 nitrogen and oxygen atoms in total. The summed E-state index contributed by atoms with van der Waals surface area (Å²) in [6.07, 6.45) is 4.94. The molecule has 0 aliphatic carbocycles. The number of nitrogens with two attached hydrogens (primary N) is 1. The Morgan fingerprint density at radius 2 is 2.19 bits per heavy atom. The van der Waals surface area contributed by atoms with Gasteiger partial charge in [-0.25, -0.2) is 0 Å². The van der Waals surface area contributed by atoms with Crippen molar-refractivity contribution < 1.29 is 0 Å². The summed E-state index contributed by atoms with van der Waals surface area (Å²) in [4.78, 5) is 8.93. The molecule has 2 heterocycles. The van der Waals surface area contributed by atoms with Gasteiger partial charge in [0.15, 0.2) is 0 Å². The minimum absolute atomic E-state index is 0.565. The summed E-state index contributed by atoms with van der Waals surface area (Å²) < 4.78 is 0. The van der Waals surface area contributed by atoms with Crippen molar-refractivity contribution in [1.82, 2.24) is 9.88 Å². The van der Waals surface area contributed by atoms with Crippen LogP contribution in [0.2, 0.25) is 0 Å². The molecule has 1 aromatic rings. The quantitative estimate of drug-likeness (QED) is 0.796. The molecule has 1 saturated heterocycles. The summed E-state index contributed by atoms with van der Waals surface area (Å²) in [6.45, 7) is 5.05. The minimum atomic E-state index is 0.565. The molecular formula is C12H20N4. The van der Waals surface area contributed by atoms with Gasteiger partial charge in [0.1, 0.15) is 0 Å². The number of aromatic nitrogens is 1. The van der Waals surface area contributed by atoms with Crippen LogP contribution < -0.4 is 10.6 Å². The normalized spacial score (nSPS) is 18.5. The molecular weight excluding hydrogens is 200 g/mol. The van der Waals surface area contributed by atoms with Crippen LogP contribution in [0.15, 0.2) is 18.5 Å². The first-order valence-electron chi connectivity index (χ1n) is 5.87. The first-order valence-corrected chi connectivity index (χ1v) is 5.87. The lowest BCUT2D eigenvalue weighted by molar-refractivity contribution is 0.360. The molecule has 1 aliphatic heterocycles. The van der Waals surface area contributed by atoms with Crippen LogP contribution in [0.1, 0.15) is 12.0 Å². The van der Waals surface area contributed by atoms with Crippen LogP contribution in [0.25, 0.3) is 0 Å². The Morgan fingerprint density at radius 1 is 1.31 bits per heavy atom. The van der Waals surface area contributed by atoms with E-state index in [0.717, 1.165) is 25.2 Å². The minimum Gasteiger partial charge on any atom is -0.370 e. The number of rotatable bonds is 2. The van der Waals surface area contributed by atoms with Crippen molar-refractivity contribution in [2.75, 3.05) is 38.1 Å². The molecule has 0 spiro atoms. The summed E-state index contributed by atoms with van der Waals surface area (Å²) >= 11 is 0. The van der Waals surface area contributed by atoms with Crippen LogP contribution in [0.4, 0.5) is 5.69 Å². The smallest absolute Gasteiger partial charge is 0.0443 e. The summed E-state index contributed by atoms with van der Waals surface area (Å²) in [5, 5.41) is 0. The highest BCUT2D eigenvalue weighted by atomic mass is 15.2. The van der Waals surface area contributed by atoms with Crippen LogP contribution in [-0.2, 0) is 6.54 Å². The first-order chi connectivity index (χ1) is 7.81. The third-order valence-electron chi connectivity index (χ3n) is 3.16. The summed E-state index contributed by atoms with van der Waals surface area (Å²) in [7, 11) is 2.18. The number of likely N-dealkylation sites (N-methyl/N-ethyl adjacent to an activating group) is 1. The van der Waals surface area contributed by atoms with Gasteiger partial charge >= 0.3 is 0 Å². The van der Waals surface area contributed by atoms with E-state index in [4.69, 9.17) is 5.73 Å². The average Bonchev–Trinajstić information content (AvgIpc) is 2.54. The fourth-order valence-electron chi connectivity index (χ4n) is 2.17. The number of anilines is 1. The van der Waals surface area contributed by atoms with Gasteiger partial charge in [0.2, 0.25) is 0 Å². The third-order valence-corrected chi connectivity index (χ3v) is 3.16. The summed E-state index contributed by atoms with van der Waals surface area (Å²) in [5.74, 6) is 0. The molecule has 0 bridgehead atoms. The predicted molar refractivity (Wildman–Crippen MR) is 66.5 cm³/mol. The predicted octanol–water partition coefficient (Wildman–Crippen LogP) is 0.682. The van der Waals surface area contributed by atoms with E-state index in [2.05, 4.69) is 27.9 Å². The molecule has 2 N–H and O–H groups in total. The van der Waals surface area contributed by atoms with E-state index in [9.17, 15) is 0 Å². The van der Waals surface area contributed by atoms with Gasteiger partial charge < -0.3 is 15.5 Å². The molecule has 1 fully saturated rings. The van der Waals surface area contributed by atoms with E-state index in [-0.39, 0.29) is 0 Å². The molecule has 0 amide bonds. The van der Waals surface area contributed by atoms with Gasteiger partial charge in [-0.1, -0.05) is 0 Å². The monoisotopic (exact) mass is 220 g/mol. The number of pyridine rings is 1. The molecule has 0 unspecified atom stereocenters. The SMILES string of the molecule is CN1CCCN(c2ccncc2CN)CC1. The van der Waals surface area contributed by atoms with Gasteiger partial charge in [-0.2, -0.15) is 0 Å². The number of hydrogen-bond acceptors (Lipinski definition) is 4. The second-order valence-corrected chi connectivity index (χ2v) is 4.35. The first kappa shape index (κ1) is 11.4. The highest BCUT2D eigenvalue weighted by Gasteiger charge is 2.14. The Balaban J connectivity index is 2.16. The highest BCUT2D eigenvalue weighted by molar-refractivity contribution is 5.52. The van der Waals surface area contributed by atoms with Gasteiger partial charge in [0.25, 0.3) is 0 Å². The summed E-state index contributed by atoms with van der Waals surface area (Å²) in [6, 6.07) is 2.08. The lowest BCUT2D eigenvalue weighted by Gasteiger charge is -2.24. The summed E-state index contributed by atoms with van der Waals surface area (Å²) in [5.41, 5.74) is 8.15. The van der Waals surface area contributed by atoms with Crippen LogP contribution in [0.5, 0.6) is 0 Å². The zero-order valence-corrected chi connectivity index (χ0v) is 9.89. The van der Waals surface area contributed by atoms with Crippen molar-refractivity contribution in [2.24, 2.45) is 5.73 Å². The van der Waals surface area contributed by atoms with Crippen molar-refractivity contribution >= 4 is 5.69 Å². The Labute approximate surface area is 97.1 Å². The molecule has 0 aromatic carbocycles. The largest absolute Gasteiger partial charge is 0.370 e. The van der Waals surface area contributed by atoms with E-state index in [1.807, 2.05) is 12.4 Å². The Bertz CT molecular complexity index is 340. The molecule has 2 rings (SSSR count). The molecule has 4 heteroatoms. The van der Waals surface area contributed by atoms with E-state index in [0.29, 0.717) is 6.54 Å². The van der Waals surface area contributed by atoms with E-state index in [1.54, 1.807) is 0 Å². The Hall–Kier alpha value is -1.13. The van der Waals surface area contributed by atoms with Crippen molar-refractivity contribution in [3.63, 3.8) is 0 Å². The Kier molecular flexibility index (Phi) is 3.74. The topological polar surface area (TPSA) is 45.4 Å². The van der Waals surface area contributed by atoms with Gasteiger partial charge in [-0.3, -0.25) is 4.98 Å². The number of nitrogens with zero attached hydrogens (tertiary/aromatic N) is 3. The fraction of sp³-hybridized carbons (Fsp3) is 0.583. The number of hydrogen-bond donors (Lipinski definition) is 1. The van der Waals surface area contributed by atoms with Crippen LogP contribution in [-0.4, -0.2) is 43.1 Å². The average molecular weight is 220 g/mol. The second-order valence-electron chi connectivity index (χ2n) is 4.35. The lowest BCUT2D eigenvalue weighted by atomic mass is 10.2. The Morgan fingerprint density at radius 3 is 3.00 bits per heavy atom. The van der Waals surface area contributed by atoms with Crippen molar-refractivity contribution in [2.45, 2.75) is 13.0 Å². The lowest BCUT2D eigenvalue weighted by Crippen LogP contribution is -2.29. The fourth-order valence-corrected chi connectivity index (χ4v) is 2.17. The van der Waals surface area contributed by atoms with E-state index >= 15 is 0 Å². The molecule has 0 atom stereocenters. The van der Waals surface area contributed by atoms with Crippen LogP contribution in [0, 0.1) is 0 Å². The van der Waals surface area contributed by atoms with Gasteiger partial charge in [-0.05, 0) is 26.1 Å². The van der Waals surface area contributed by atoms with Crippen molar-refractivity contribution in [3.8, 4) is 0 Å². The van der Waals surface area contributed by atoms with E-state index in [1.165, 1.54) is 18.7 Å². The molecule has 88 valence electrons. The maximum absolute atomic E-state index is 5.75.